The minimum Gasteiger partial charge on any atom is -0.369 e. The molecule has 15 nitrogen and oxygen atoms in total. The summed E-state index contributed by atoms with van der Waals surface area (Å²) in [6.07, 6.45) is 2.86. The molecule has 6 N–H and O–H groups in total. The third-order valence-electron chi connectivity index (χ3n) is 4.78. The number of hydrogen-bond donors (Lipinski definition) is 4. The van der Waals surface area contributed by atoms with Gasteiger partial charge in [0.25, 0.3) is 11.1 Å². The number of hydrogen-bond acceptors (Lipinski definition) is 11. The molecule has 0 aliphatic heterocycles. The summed E-state index contributed by atoms with van der Waals surface area (Å²) < 4.78 is 26.8. The van der Waals surface area contributed by atoms with Crippen LogP contribution in [0, 0.1) is 0 Å². The molecule has 0 aliphatic rings. The number of nitrogens with one attached hydrogen (secondary N) is 2. The van der Waals surface area contributed by atoms with Crippen molar-refractivity contribution < 1.29 is 13.6 Å². The van der Waals surface area contributed by atoms with Crippen molar-refractivity contribution in [3.05, 3.63) is 57.7 Å². The van der Waals surface area contributed by atoms with Crippen LogP contribution >= 0.6 is 7.60 Å². The van der Waals surface area contributed by atoms with Gasteiger partial charge in [0.05, 0.1) is 25.9 Å². The third kappa shape index (κ3) is 5.37. The molecule has 4 rings (SSSR count). The summed E-state index contributed by atoms with van der Waals surface area (Å²) in [5.74, 6) is -0.0694. The summed E-state index contributed by atoms with van der Waals surface area (Å²) in [6, 6.07) is 0. The van der Waals surface area contributed by atoms with Crippen molar-refractivity contribution in [2.75, 3.05) is 31.3 Å². The van der Waals surface area contributed by atoms with Crippen molar-refractivity contribution in [1.29, 1.82) is 0 Å². The van der Waals surface area contributed by atoms with E-state index in [4.69, 9.17) is 20.5 Å². The Morgan fingerprint density at radius 1 is 0.914 bits per heavy atom. The van der Waals surface area contributed by atoms with Gasteiger partial charge in [-0.05, 0) is 11.1 Å². The second-order valence-electron chi connectivity index (χ2n) is 7.81. The summed E-state index contributed by atoms with van der Waals surface area (Å²) in [5, 5.41) is 0. The molecule has 0 spiro atoms. The number of fused-ring (bicyclic) bond motifs is 2. The molecular formula is C19H23N10O5P. The molecular weight excluding hydrogens is 479 g/mol. The lowest BCUT2D eigenvalue weighted by Gasteiger charge is -2.16. The Labute approximate surface area is 197 Å². The fourth-order valence-corrected chi connectivity index (χ4v) is 4.11. The van der Waals surface area contributed by atoms with E-state index in [2.05, 4.69) is 43.1 Å². The second-order valence-corrected chi connectivity index (χ2v) is 9.87. The number of nitrogens with zero attached hydrogens (tertiary/aromatic N) is 6. The highest BCUT2D eigenvalue weighted by Crippen LogP contribution is 2.44. The van der Waals surface area contributed by atoms with Crippen molar-refractivity contribution in [3.63, 3.8) is 0 Å². The van der Waals surface area contributed by atoms with Crippen molar-refractivity contribution in [3.8, 4) is 0 Å². The molecule has 0 fully saturated rings. The number of rotatable bonds is 10. The number of aromatic amines is 2. The first-order chi connectivity index (χ1) is 16.5. The number of imidazole rings is 2. The molecule has 0 bridgehead atoms. The van der Waals surface area contributed by atoms with E-state index in [9.17, 15) is 14.2 Å². The zero-order chi connectivity index (χ0) is 25.3. The molecule has 4 aromatic heterocycles. The number of nitrogen functional groups attached to an aromatic ring is 2. The number of anilines is 2. The smallest absolute Gasteiger partial charge is 0.328 e. The first-order valence-electron chi connectivity index (χ1n) is 10.1. The highest BCUT2D eigenvalue weighted by atomic mass is 31.2. The van der Waals surface area contributed by atoms with Gasteiger partial charge in [0.1, 0.15) is 0 Å². The van der Waals surface area contributed by atoms with Crippen molar-refractivity contribution in [1.82, 2.24) is 39.0 Å². The van der Waals surface area contributed by atoms with Crippen LogP contribution in [-0.2, 0) is 26.7 Å². The number of aromatic nitrogens is 8. The van der Waals surface area contributed by atoms with Crippen LogP contribution in [0.1, 0.15) is 0 Å². The maximum Gasteiger partial charge on any atom is 0.328 e. The lowest BCUT2D eigenvalue weighted by molar-refractivity contribution is 0.231. The van der Waals surface area contributed by atoms with Crippen molar-refractivity contribution in [2.24, 2.45) is 0 Å². The van der Waals surface area contributed by atoms with Gasteiger partial charge in [-0.3, -0.25) is 24.1 Å². The Kier molecular flexibility index (Phi) is 6.39. The van der Waals surface area contributed by atoms with E-state index in [1.54, 1.807) is 9.13 Å². The molecule has 4 aromatic rings. The molecule has 0 aliphatic carbocycles. The molecule has 0 amide bonds. The molecule has 0 radical (unpaired) electrons. The van der Waals surface area contributed by atoms with Gasteiger partial charge in [0, 0.05) is 19.8 Å². The summed E-state index contributed by atoms with van der Waals surface area (Å²) in [4.78, 5) is 44.7. The molecule has 16 heteroatoms. The average molecular weight is 502 g/mol. The highest BCUT2D eigenvalue weighted by Gasteiger charge is 2.19. The summed E-state index contributed by atoms with van der Waals surface area (Å²) in [5.41, 5.74) is 12.2. The van der Waals surface area contributed by atoms with E-state index >= 15 is 0 Å². The van der Waals surface area contributed by atoms with Gasteiger partial charge in [0.15, 0.2) is 22.3 Å². The van der Waals surface area contributed by atoms with Gasteiger partial charge in [-0.15, -0.1) is 0 Å². The van der Waals surface area contributed by atoms with E-state index in [0.717, 1.165) is 0 Å². The fraction of sp³-hybridized carbons (Fsp3) is 0.263. The van der Waals surface area contributed by atoms with E-state index < -0.39 is 18.7 Å². The molecule has 0 aromatic carbocycles. The van der Waals surface area contributed by atoms with Crippen LogP contribution in [0.3, 0.4) is 0 Å². The average Bonchev–Trinajstić information content (AvgIpc) is 3.36. The first kappa shape index (κ1) is 24.1. The zero-order valence-electron chi connectivity index (χ0n) is 18.7. The van der Waals surface area contributed by atoms with E-state index in [1.807, 2.05) is 0 Å². The van der Waals surface area contributed by atoms with Gasteiger partial charge in [-0.1, -0.05) is 13.2 Å². The summed E-state index contributed by atoms with van der Waals surface area (Å²) in [6.45, 7) is 9.41. The molecule has 0 atom stereocenters. The van der Waals surface area contributed by atoms with Crippen LogP contribution in [0.5, 0.6) is 0 Å². The number of nitrogens with two attached hydrogens (primary N) is 2. The maximum atomic E-state index is 12.7. The van der Waals surface area contributed by atoms with Crippen LogP contribution in [0.25, 0.3) is 22.3 Å². The molecule has 35 heavy (non-hydrogen) atoms. The van der Waals surface area contributed by atoms with Crippen molar-refractivity contribution in [2.45, 2.75) is 13.1 Å². The van der Waals surface area contributed by atoms with Gasteiger partial charge >= 0.3 is 7.60 Å². The monoisotopic (exact) mass is 502 g/mol. The Morgan fingerprint density at radius 3 is 1.71 bits per heavy atom. The van der Waals surface area contributed by atoms with E-state index in [-0.39, 0.29) is 49.2 Å². The third-order valence-corrected chi connectivity index (χ3v) is 5.98. The van der Waals surface area contributed by atoms with Crippen LogP contribution < -0.4 is 22.6 Å². The largest absolute Gasteiger partial charge is 0.369 e. The van der Waals surface area contributed by atoms with Crippen LogP contribution in [0.15, 0.2) is 46.5 Å². The quantitative estimate of drug-likeness (QED) is 0.172. The van der Waals surface area contributed by atoms with Gasteiger partial charge in [0.2, 0.25) is 11.9 Å². The standard InChI is InChI=1S/C19H23N10O5P/c1-10(4-28-8-22-12-14(28)24-18(20)26-16(12)30)6-33-35(3,32)34-7-11(2)5-29-9-23-13-15(29)25-19(21)27-17(13)31/h8-9H,1-2,4-7H2,3H3,(H3,20,24,26,30)(H3,21,25,27,31). The second kappa shape index (κ2) is 9.29. The Balaban J connectivity index is 1.31. The Morgan fingerprint density at radius 2 is 1.31 bits per heavy atom. The predicted molar refractivity (Wildman–Crippen MR) is 129 cm³/mol. The summed E-state index contributed by atoms with van der Waals surface area (Å²) >= 11 is 0. The van der Waals surface area contributed by atoms with E-state index in [0.29, 0.717) is 22.4 Å². The fourth-order valence-electron chi connectivity index (χ4n) is 3.20. The van der Waals surface area contributed by atoms with Gasteiger partial charge in [-0.2, -0.15) is 9.97 Å². The van der Waals surface area contributed by atoms with Crippen LogP contribution in [0.4, 0.5) is 11.9 Å². The first-order valence-corrected chi connectivity index (χ1v) is 12.1. The lowest BCUT2D eigenvalue weighted by Crippen LogP contribution is -2.13. The Hall–Kier alpha value is -4.07. The van der Waals surface area contributed by atoms with E-state index in [1.165, 1.54) is 19.3 Å². The molecule has 0 saturated carbocycles. The lowest BCUT2D eigenvalue weighted by atomic mass is 10.3. The normalized spacial score (nSPS) is 11.9. The topological polar surface area (TPSA) is 215 Å². The minimum absolute atomic E-state index is 0.0347. The molecule has 0 saturated heterocycles. The summed E-state index contributed by atoms with van der Waals surface area (Å²) in [7, 11) is -3.46. The highest BCUT2D eigenvalue weighted by molar-refractivity contribution is 7.52. The van der Waals surface area contributed by atoms with Crippen LogP contribution in [0.2, 0.25) is 0 Å². The zero-order valence-corrected chi connectivity index (χ0v) is 19.6. The van der Waals surface area contributed by atoms with Gasteiger partial charge in [-0.25, -0.2) is 9.97 Å². The SMILES string of the molecule is C=C(COP(C)(=O)OCC(=C)Cn1cnc2c(=O)[nH]c(N)nc21)Cn1cnc2c(=O)[nH]c(N)nc21. The van der Waals surface area contributed by atoms with Crippen LogP contribution in [-0.4, -0.2) is 58.9 Å². The van der Waals surface area contributed by atoms with Crippen molar-refractivity contribution >= 4 is 41.8 Å². The predicted octanol–water partition coefficient (Wildman–Crippen LogP) is 0.386. The molecule has 4 heterocycles. The molecule has 184 valence electrons. The maximum absolute atomic E-state index is 12.7. The number of H-pyrrole nitrogens is 2. The Bertz CT molecular complexity index is 1500. The molecule has 0 unspecified atom stereocenters. The minimum atomic E-state index is -3.46. The van der Waals surface area contributed by atoms with Gasteiger partial charge < -0.3 is 29.6 Å².